The van der Waals surface area contributed by atoms with Gasteiger partial charge in [0.05, 0.1) is 67.4 Å². The average molecular weight is 1160 g/mol. The SMILES string of the molecule is CCC(Cc1cc(-n2c3ccccc3c3ncccc32)cc(-n2c3ccccc3c3ncccc32)c1)OC.CCC(Cc1ccc2oc3ccc(-c4cc(-n5c6ccccc6c6ccccc65)cc(-n5c6ccccc6c6ccccc65)c4)cc3c2c1)OC. The van der Waals surface area contributed by atoms with E-state index in [9.17, 15) is 0 Å². The first-order chi connectivity index (χ1) is 43.9. The van der Waals surface area contributed by atoms with Crippen molar-refractivity contribution in [3.63, 3.8) is 0 Å². The normalized spacial score (nSPS) is 12.7. The van der Waals surface area contributed by atoms with Gasteiger partial charge in [-0.05, 0) is 169 Å². The Morgan fingerprint density at radius 1 is 0.326 bits per heavy atom. The fraction of sp³-hybridized carbons (Fsp3) is 0.125. The minimum absolute atomic E-state index is 0.151. The number of fused-ring (bicyclic) bond motifs is 15. The Bertz CT molecular complexity index is 5080. The van der Waals surface area contributed by atoms with Crippen LogP contribution in [0.2, 0.25) is 0 Å². The lowest BCUT2D eigenvalue weighted by Gasteiger charge is -2.18. The number of aromatic nitrogens is 6. The maximum absolute atomic E-state index is 6.37. The standard InChI is InChI=1S/C47H36N2O2.C33H28N4O/c1-3-35(50-2)24-30-20-22-46-40(25-30)41-28-31(21-23-47(41)51-46)32-26-33(48-42-16-8-4-12-36(42)37-13-5-9-17-43(37)48)29-34(27-32)49-44-18-10-6-14-38(44)39-15-7-11-19-45(39)49;1-3-25(38-2)20-22-18-23(36-28-12-6-4-10-26(28)32-30(36)14-8-16-34-32)21-24(19-22)37-29-13-7-5-11-27(29)33-31(37)15-9-17-35-33/h4-23,25-29,35H,3,24H2,1-2H3;4-19,21,25H,3,20H2,1-2H3. The molecule has 0 radical (unpaired) electrons. The molecule has 17 rings (SSSR count). The van der Waals surface area contributed by atoms with Crippen molar-refractivity contribution in [1.82, 2.24) is 28.2 Å². The van der Waals surface area contributed by atoms with Crippen LogP contribution >= 0.6 is 0 Å². The van der Waals surface area contributed by atoms with Crippen LogP contribution in [-0.4, -0.2) is 54.7 Å². The van der Waals surface area contributed by atoms with E-state index in [4.69, 9.17) is 23.9 Å². The van der Waals surface area contributed by atoms with Crippen molar-refractivity contribution in [2.24, 2.45) is 0 Å². The van der Waals surface area contributed by atoms with Crippen molar-refractivity contribution in [1.29, 1.82) is 0 Å². The maximum atomic E-state index is 6.37. The third kappa shape index (κ3) is 9.15. The van der Waals surface area contributed by atoms with Crippen LogP contribution in [0, 0.1) is 0 Å². The lowest BCUT2D eigenvalue weighted by Crippen LogP contribution is -2.13. The Hall–Kier alpha value is -10.6. The first-order valence-corrected chi connectivity index (χ1v) is 30.9. The van der Waals surface area contributed by atoms with E-state index in [1.807, 2.05) is 24.5 Å². The summed E-state index contributed by atoms with van der Waals surface area (Å²) in [5.41, 5.74) is 22.3. The number of rotatable bonds is 13. The first kappa shape index (κ1) is 53.9. The molecule has 0 aliphatic carbocycles. The van der Waals surface area contributed by atoms with E-state index < -0.39 is 0 Å². The summed E-state index contributed by atoms with van der Waals surface area (Å²) >= 11 is 0. The van der Waals surface area contributed by atoms with Crippen LogP contribution in [0.5, 0.6) is 0 Å². The van der Waals surface area contributed by atoms with Gasteiger partial charge in [-0.2, -0.15) is 0 Å². The summed E-state index contributed by atoms with van der Waals surface area (Å²) in [5.74, 6) is 0. The molecule has 9 nitrogen and oxygen atoms in total. The third-order valence-corrected chi connectivity index (χ3v) is 18.3. The van der Waals surface area contributed by atoms with Crippen molar-refractivity contribution < 1.29 is 13.9 Å². The van der Waals surface area contributed by atoms with E-state index in [1.54, 1.807) is 14.2 Å². The molecular weight excluding hydrogens is 1090 g/mol. The zero-order chi connectivity index (χ0) is 59.7. The fourth-order valence-corrected chi connectivity index (χ4v) is 14.0. The van der Waals surface area contributed by atoms with Crippen LogP contribution in [0.1, 0.15) is 37.8 Å². The Morgan fingerprint density at radius 2 is 0.685 bits per heavy atom. The van der Waals surface area contributed by atoms with Gasteiger partial charge < -0.3 is 32.2 Å². The van der Waals surface area contributed by atoms with Gasteiger partial charge in [0.25, 0.3) is 0 Å². The van der Waals surface area contributed by atoms with Crippen molar-refractivity contribution in [3.8, 4) is 33.9 Å². The highest BCUT2D eigenvalue weighted by Gasteiger charge is 2.22. The van der Waals surface area contributed by atoms with E-state index >= 15 is 0 Å². The Kier molecular flexibility index (Phi) is 13.5. The van der Waals surface area contributed by atoms with E-state index in [2.05, 4.69) is 263 Å². The van der Waals surface area contributed by atoms with Gasteiger partial charge >= 0.3 is 0 Å². The molecule has 0 saturated carbocycles. The van der Waals surface area contributed by atoms with Crippen molar-refractivity contribution in [3.05, 3.63) is 266 Å². The fourth-order valence-electron chi connectivity index (χ4n) is 14.0. The largest absolute Gasteiger partial charge is 0.456 e. The van der Waals surface area contributed by atoms with Crippen LogP contribution in [0.25, 0.3) is 143 Å². The summed E-state index contributed by atoms with van der Waals surface area (Å²) in [6.07, 6.45) is 7.72. The van der Waals surface area contributed by atoms with E-state index in [-0.39, 0.29) is 12.2 Å². The molecule has 0 bridgehead atoms. The molecule has 2 unspecified atom stereocenters. The van der Waals surface area contributed by atoms with Gasteiger partial charge in [0.15, 0.2) is 0 Å². The Morgan fingerprint density at radius 3 is 1.12 bits per heavy atom. The van der Waals surface area contributed by atoms with Crippen molar-refractivity contribution in [2.75, 3.05) is 14.2 Å². The van der Waals surface area contributed by atoms with Crippen LogP contribution < -0.4 is 0 Å². The molecule has 89 heavy (non-hydrogen) atoms. The minimum Gasteiger partial charge on any atom is -0.456 e. The zero-order valence-electron chi connectivity index (χ0n) is 50.1. The molecule has 17 aromatic rings. The molecule has 0 spiro atoms. The van der Waals surface area contributed by atoms with E-state index in [0.717, 1.165) is 125 Å². The predicted molar refractivity (Wildman–Crippen MR) is 368 cm³/mol. The summed E-state index contributed by atoms with van der Waals surface area (Å²) in [5, 5.41) is 9.55. The average Bonchev–Trinajstić information content (AvgIpc) is 1.69. The quantitative estimate of drug-likeness (QED) is 0.115. The number of furan rings is 1. The molecule has 0 fully saturated rings. The van der Waals surface area contributed by atoms with Gasteiger partial charge in [0.1, 0.15) is 11.2 Å². The van der Waals surface area contributed by atoms with Crippen molar-refractivity contribution >= 4 is 109 Å². The van der Waals surface area contributed by atoms with Crippen LogP contribution in [0.15, 0.2) is 259 Å². The second kappa shape index (κ2) is 22.3. The van der Waals surface area contributed by atoms with Gasteiger partial charge in [-0.1, -0.05) is 135 Å². The number of hydrogen-bond donors (Lipinski definition) is 0. The minimum atomic E-state index is 0.151. The number of methoxy groups -OCH3 is 2. The lowest BCUT2D eigenvalue weighted by molar-refractivity contribution is 0.0997. The molecule has 2 atom stereocenters. The second-order valence-corrected chi connectivity index (χ2v) is 23.4. The molecule has 9 heteroatoms. The number of nitrogens with zero attached hydrogens (tertiary/aromatic N) is 6. The molecule has 0 N–H and O–H groups in total. The third-order valence-electron chi connectivity index (χ3n) is 18.3. The molecule has 0 amide bonds. The highest BCUT2D eigenvalue weighted by molar-refractivity contribution is 6.12. The van der Waals surface area contributed by atoms with Crippen LogP contribution in [0.3, 0.4) is 0 Å². The second-order valence-electron chi connectivity index (χ2n) is 23.4. The summed E-state index contributed by atoms with van der Waals surface area (Å²) in [6, 6.07) is 87.4. The highest BCUT2D eigenvalue weighted by atomic mass is 16.5. The molecular formula is C80H64N6O3. The molecule has 7 heterocycles. The molecule has 0 aliphatic rings. The molecule has 7 aromatic heterocycles. The molecule has 10 aromatic carbocycles. The first-order valence-electron chi connectivity index (χ1n) is 30.9. The number of para-hydroxylation sites is 6. The number of hydrogen-bond acceptors (Lipinski definition) is 5. The van der Waals surface area contributed by atoms with E-state index in [0.29, 0.717) is 0 Å². The summed E-state index contributed by atoms with van der Waals surface area (Å²) in [6.45, 7) is 4.35. The predicted octanol–water partition coefficient (Wildman–Crippen LogP) is 20.1. The Labute approximate surface area is 514 Å². The monoisotopic (exact) mass is 1160 g/mol. The summed E-state index contributed by atoms with van der Waals surface area (Å²) in [7, 11) is 3.60. The van der Waals surface area contributed by atoms with Gasteiger partial charge in [-0.15, -0.1) is 0 Å². The topological polar surface area (TPSA) is 77.1 Å². The number of benzene rings is 10. The highest BCUT2D eigenvalue weighted by Crippen LogP contribution is 2.41. The number of pyridine rings is 2. The number of ether oxygens (including phenoxy) is 2. The van der Waals surface area contributed by atoms with Gasteiger partial charge in [-0.3, -0.25) is 9.97 Å². The smallest absolute Gasteiger partial charge is 0.135 e. The summed E-state index contributed by atoms with van der Waals surface area (Å²) in [4.78, 5) is 9.51. The van der Waals surface area contributed by atoms with Crippen LogP contribution in [-0.2, 0) is 22.3 Å². The van der Waals surface area contributed by atoms with Crippen molar-refractivity contribution in [2.45, 2.75) is 51.7 Å². The van der Waals surface area contributed by atoms with Gasteiger partial charge in [0.2, 0.25) is 0 Å². The zero-order valence-corrected chi connectivity index (χ0v) is 50.1. The lowest BCUT2D eigenvalue weighted by atomic mass is 9.99. The summed E-state index contributed by atoms with van der Waals surface area (Å²) < 4.78 is 27.4. The molecule has 0 saturated heterocycles. The molecule has 0 aliphatic heterocycles. The Balaban J connectivity index is 0.000000149. The van der Waals surface area contributed by atoms with Crippen LogP contribution in [0.4, 0.5) is 0 Å². The maximum Gasteiger partial charge on any atom is 0.135 e. The van der Waals surface area contributed by atoms with Gasteiger partial charge in [-0.25, -0.2) is 0 Å². The van der Waals surface area contributed by atoms with Gasteiger partial charge in [0, 0.05) is 92.5 Å². The molecule has 432 valence electrons. The van der Waals surface area contributed by atoms with E-state index in [1.165, 1.54) is 54.7 Å².